The molecular weight excluding hydrogens is 208 g/mol. The Hall–Kier alpha value is -2.31. The van der Waals surface area contributed by atoms with Crippen molar-refractivity contribution in [3.63, 3.8) is 0 Å². The van der Waals surface area contributed by atoms with Gasteiger partial charge in [0.05, 0.1) is 0 Å². The average molecular weight is 218 g/mol. The Morgan fingerprint density at radius 1 is 1.38 bits per heavy atom. The summed E-state index contributed by atoms with van der Waals surface area (Å²) in [6.07, 6.45) is 0. The Labute approximate surface area is 91.4 Å². The summed E-state index contributed by atoms with van der Waals surface area (Å²) in [7, 11) is 0. The van der Waals surface area contributed by atoms with E-state index >= 15 is 0 Å². The van der Waals surface area contributed by atoms with Crippen molar-refractivity contribution in [2.24, 2.45) is 5.16 Å². The van der Waals surface area contributed by atoms with E-state index in [1.165, 1.54) is 0 Å². The number of oxime groups is 1. The lowest BCUT2D eigenvalue weighted by molar-refractivity contribution is 0.315. The van der Waals surface area contributed by atoms with E-state index in [9.17, 15) is 0 Å². The highest BCUT2D eigenvalue weighted by atomic mass is 16.4. The Morgan fingerprint density at radius 2 is 2.19 bits per heavy atom. The fraction of sp³-hybridized carbons (Fsp3) is 0.222. The zero-order chi connectivity index (χ0) is 11.5. The molecule has 0 saturated carbocycles. The van der Waals surface area contributed by atoms with E-state index in [4.69, 9.17) is 5.21 Å². The van der Waals surface area contributed by atoms with E-state index < -0.39 is 0 Å². The van der Waals surface area contributed by atoms with E-state index in [-0.39, 0.29) is 5.84 Å². The summed E-state index contributed by atoms with van der Waals surface area (Å²) >= 11 is 0. The Kier molecular flexibility index (Phi) is 2.59. The molecule has 0 saturated heterocycles. The van der Waals surface area contributed by atoms with Crippen LogP contribution in [0.25, 0.3) is 0 Å². The van der Waals surface area contributed by atoms with Gasteiger partial charge >= 0.3 is 0 Å². The van der Waals surface area contributed by atoms with Crippen LogP contribution in [0.2, 0.25) is 0 Å². The maximum absolute atomic E-state index is 8.95. The summed E-state index contributed by atoms with van der Waals surface area (Å²) in [6.45, 7) is 3.54. The van der Waals surface area contributed by atoms with Crippen molar-refractivity contribution in [3.8, 4) is 0 Å². The van der Waals surface area contributed by atoms with Gasteiger partial charge in [-0.25, -0.2) is 4.98 Å². The van der Waals surface area contributed by atoms with Crippen molar-refractivity contribution in [3.05, 3.63) is 35.4 Å². The van der Waals surface area contributed by atoms with Crippen LogP contribution in [0.15, 0.2) is 23.4 Å². The van der Waals surface area contributed by atoms with Gasteiger partial charge in [-0.3, -0.25) is 0 Å². The fourth-order valence-electron chi connectivity index (χ4n) is 1.24. The molecule has 0 bridgehead atoms. The van der Waals surface area contributed by atoms with Crippen molar-refractivity contribution < 1.29 is 5.21 Å². The van der Waals surface area contributed by atoms with Gasteiger partial charge in [-0.2, -0.15) is 0 Å². The number of pyridine rings is 1. The van der Waals surface area contributed by atoms with Gasteiger partial charge in [0.25, 0.3) is 0 Å². The first-order valence-corrected chi connectivity index (χ1v) is 4.64. The summed E-state index contributed by atoms with van der Waals surface area (Å²) in [5.74, 6) is 0.637. The summed E-state index contributed by atoms with van der Waals surface area (Å²) < 4.78 is 0. The van der Waals surface area contributed by atoms with Crippen LogP contribution >= 0.6 is 0 Å². The predicted octanol–water partition coefficient (Wildman–Crippen LogP) is 0.369. The molecule has 0 atom stereocenters. The van der Waals surface area contributed by atoms with Gasteiger partial charge < -0.3 is 5.21 Å². The zero-order valence-electron chi connectivity index (χ0n) is 8.86. The standard InChI is InChI=1S/C9H10N6O/c1-6-4-3-5-8(10-6)9(13-16)15-12-7(2)11-14-15/h3-5,16H,1-2H3. The van der Waals surface area contributed by atoms with Crippen LogP contribution < -0.4 is 0 Å². The molecule has 0 aliphatic heterocycles. The minimum Gasteiger partial charge on any atom is -0.409 e. The average Bonchev–Trinajstić information content (AvgIpc) is 2.66. The van der Waals surface area contributed by atoms with E-state index in [1.54, 1.807) is 13.0 Å². The fourth-order valence-corrected chi connectivity index (χ4v) is 1.24. The summed E-state index contributed by atoms with van der Waals surface area (Å²) in [5.41, 5.74) is 1.30. The summed E-state index contributed by atoms with van der Waals surface area (Å²) in [6, 6.07) is 5.37. The minimum absolute atomic E-state index is 0.143. The third-order valence-electron chi connectivity index (χ3n) is 1.92. The molecule has 1 N–H and O–H groups in total. The third-order valence-corrected chi connectivity index (χ3v) is 1.92. The van der Waals surface area contributed by atoms with Gasteiger partial charge in [0.1, 0.15) is 5.69 Å². The van der Waals surface area contributed by atoms with E-state index in [2.05, 4.69) is 25.6 Å². The predicted molar refractivity (Wildman–Crippen MR) is 55.2 cm³/mol. The number of nitrogens with zero attached hydrogens (tertiary/aromatic N) is 6. The van der Waals surface area contributed by atoms with Crippen LogP contribution in [0.1, 0.15) is 17.2 Å². The van der Waals surface area contributed by atoms with Crippen LogP contribution in [-0.2, 0) is 0 Å². The smallest absolute Gasteiger partial charge is 0.239 e. The van der Waals surface area contributed by atoms with E-state index in [0.717, 1.165) is 10.5 Å². The van der Waals surface area contributed by atoms with Crippen molar-refractivity contribution in [2.45, 2.75) is 13.8 Å². The topological polar surface area (TPSA) is 89.1 Å². The van der Waals surface area contributed by atoms with Gasteiger partial charge in [0, 0.05) is 5.69 Å². The first-order valence-electron chi connectivity index (χ1n) is 4.64. The van der Waals surface area contributed by atoms with E-state index in [1.807, 2.05) is 19.1 Å². The minimum atomic E-state index is 0.143. The largest absolute Gasteiger partial charge is 0.409 e. The monoisotopic (exact) mass is 218 g/mol. The van der Waals surface area contributed by atoms with Crippen molar-refractivity contribution >= 4 is 5.84 Å². The van der Waals surface area contributed by atoms with E-state index in [0.29, 0.717) is 11.5 Å². The quantitative estimate of drug-likeness (QED) is 0.323. The molecule has 0 unspecified atom stereocenters. The molecule has 2 aromatic heterocycles. The number of hydrogen-bond acceptors (Lipinski definition) is 6. The molecule has 2 aromatic rings. The second kappa shape index (κ2) is 4.05. The molecule has 0 aromatic carbocycles. The zero-order valence-corrected chi connectivity index (χ0v) is 8.86. The molecule has 0 amide bonds. The number of hydrogen-bond donors (Lipinski definition) is 1. The van der Waals surface area contributed by atoms with Crippen LogP contribution in [-0.4, -0.2) is 36.2 Å². The maximum Gasteiger partial charge on any atom is 0.239 e. The molecule has 0 fully saturated rings. The summed E-state index contributed by atoms with van der Waals surface area (Å²) in [5, 5.41) is 23.5. The molecular formula is C9H10N6O. The van der Waals surface area contributed by atoms with Crippen molar-refractivity contribution in [1.29, 1.82) is 0 Å². The van der Waals surface area contributed by atoms with Gasteiger partial charge in [-0.15, -0.1) is 15.0 Å². The summed E-state index contributed by atoms with van der Waals surface area (Å²) in [4.78, 5) is 5.35. The molecule has 16 heavy (non-hydrogen) atoms. The van der Waals surface area contributed by atoms with Gasteiger partial charge in [-0.05, 0) is 31.2 Å². The second-order valence-electron chi connectivity index (χ2n) is 3.21. The molecule has 2 rings (SSSR count). The number of tetrazole rings is 1. The van der Waals surface area contributed by atoms with Crippen molar-refractivity contribution in [2.75, 3.05) is 0 Å². The van der Waals surface area contributed by atoms with Crippen LogP contribution in [0.5, 0.6) is 0 Å². The van der Waals surface area contributed by atoms with Gasteiger partial charge in [0.2, 0.25) is 5.84 Å². The first-order chi connectivity index (χ1) is 7.70. The Morgan fingerprint density at radius 3 is 2.75 bits per heavy atom. The number of aromatic nitrogens is 5. The van der Waals surface area contributed by atoms with Crippen molar-refractivity contribution in [1.82, 2.24) is 25.2 Å². The molecule has 2 heterocycles. The third kappa shape index (κ3) is 1.88. The number of rotatable bonds is 1. The molecule has 0 aliphatic rings. The van der Waals surface area contributed by atoms with Crippen LogP contribution in [0, 0.1) is 13.8 Å². The molecule has 7 nitrogen and oxygen atoms in total. The Bertz CT molecular complexity index is 532. The van der Waals surface area contributed by atoms with Crippen LogP contribution in [0.4, 0.5) is 0 Å². The lowest BCUT2D eigenvalue weighted by Crippen LogP contribution is -2.18. The molecule has 0 radical (unpaired) electrons. The second-order valence-corrected chi connectivity index (χ2v) is 3.21. The highest BCUT2D eigenvalue weighted by molar-refractivity contribution is 5.96. The first kappa shape index (κ1) is 10.2. The van der Waals surface area contributed by atoms with Gasteiger partial charge in [0.15, 0.2) is 5.82 Å². The SMILES string of the molecule is Cc1cccc(C(=NO)n2nnc(C)n2)n1. The molecule has 0 aliphatic carbocycles. The molecule has 7 heteroatoms. The lowest BCUT2D eigenvalue weighted by atomic mass is 10.3. The molecule has 82 valence electrons. The highest BCUT2D eigenvalue weighted by Gasteiger charge is 2.11. The molecule has 0 spiro atoms. The van der Waals surface area contributed by atoms with Crippen LogP contribution in [0.3, 0.4) is 0 Å². The lowest BCUT2D eigenvalue weighted by Gasteiger charge is -2.01. The highest BCUT2D eigenvalue weighted by Crippen LogP contribution is 2.01. The van der Waals surface area contributed by atoms with Gasteiger partial charge in [-0.1, -0.05) is 11.2 Å². The maximum atomic E-state index is 8.95. The normalized spacial score (nSPS) is 11.8. The Balaban J connectivity index is 2.45. The number of aryl methyl sites for hydroxylation is 2.